The molecule has 2 aromatic rings. The molecule has 2 fully saturated rings. The molecule has 2 aromatic carbocycles. The van der Waals surface area contributed by atoms with E-state index in [1.54, 1.807) is 0 Å². The third-order valence-electron chi connectivity index (χ3n) is 5.71. The Kier molecular flexibility index (Phi) is 6.08. The maximum atomic E-state index is 6.40. The zero-order valence-corrected chi connectivity index (χ0v) is 16.4. The third kappa shape index (κ3) is 3.91. The minimum Gasteiger partial charge on any atom is -0.322 e. The van der Waals surface area contributed by atoms with E-state index >= 15 is 0 Å². The Morgan fingerprint density at radius 2 is 0.846 bits per heavy atom. The van der Waals surface area contributed by atoms with Crippen molar-refractivity contribution in [2.45, 2.75) is 48.8 Å². The van der Waals surface area contributed by atoms with E-state index in [0.717, 1.165) is 36.8 Å². The predicted molar refractivity (Wildman–Crippen MR) is 111 cm³/mol. The van der Waals surface area contributed by atoms with E-state index in [1.807, 2.05) is 0 Å². The maximum absolute atomic E-state index is 6.40. The molecule has 2 aliphatic rings. The summed E-state index contributed by atoms with van der Waals surface area (Å²) < 4.78 is 0. The van der Waals surface area contributed by atoms with Gasteiger partial charge >= 0.3 is 0 Å². The molecule has 4 nitrogen and oxygen atoms in total. The molecule has 0 saturated heterocycles. The molecule has 4 rings (SSSR count). The summed E-state index contributed by atoms with van der Waals surface area (Å²) >= 11 is 0. The van der Waals surface area contributed by atoms with Crippen LogP contribution in [-0.4, -0.2) is 0 Å². The first-order valence-corrected chi connectivity index (χ1v) is 8.71. The quantitative estimate of drug-likeness (QED) is 0.624. The smallest absolute Gasteiger partial charge is 0.0491 e. The fourth-order valence-electron chi connectivity index (χ4n) is 3.34. The van der Waals surface area contributed by atoms with Crippen LogP contribution in [0.4, 0.5) is 0 Å². The second kappa shape index (κ2) is 7.47. The van der Waals surface area contributed by atoms with Gasteiger partial charge in [-0.3, -0.25) is 0 Å². The molecule has 6 heteroatoms. The van der Waals surface area contributed by atoms with Gasteiger partial charge in [0.05, 0.1) is 0 Å². The van der Waals surface area contributed by atoms with Crippen LogP contribution in [0.3, 0.4) is 0 Å². The fraction of sp³-hybridized carbons (Fsp3) is 0.400. The van der Waals surface area contributed by atoms with Crippen molar-refractivity contribution in [2.24, 2.45) is 22.9 Å². The van der Waals surface area contributed by atoms with E-state index in [9.17, 15) is 0 Å². The molecule has 26 heavy (non-hydrogen) atoms. The minimum atomic E-state index is -0.245. The summed E-state index contributed by atoms with van der Waals surface area (Å²) in [5.41, 5.74) is 29.5. The molecule has 0 spiro atoms. The Morgan fingerprint density at radius 1 is 0.577 bits per heavy atom. The molecule has 142 valence electrons. The molecule has 2 atom stereocenters. The van der Waals surface area contributed by atoms with E-state index in [0.29, 0.717) is 0 Å². The SMILES string of the molecule is Cl.Cl.N[C@@H](c1ccc(C2(N)CC2)cc1)[C@@H](N)c1ccc(C2(N)CC2)cc1. The lowest BCUT2D eigenvalue weighted by Crippen LogP contribution is -2.27. The summed E-state index contributed by atoms with van der Waals surface area (Å²) in [6, 6.07) is 16.1. The van der Waals surface area contributed by atoms with Gasteiger partial charge in [-0.1, -0.05) is 48.5 Å². The van der Waals surface area contributed by atoms with Crippen molar-refractivity contribution >= 4 is 24.8 Å². The van der Waals surface area contributed by atoms with E-state index in [4.69, 9.17) is 22.9 Å². The Morgan fingerprint density at radius 3 is 1.08 bits per heavy atom. The summed E-state index contributed by atoms with van der Waals surface area (Å²) in [5.74, 6) is 0. The first-order chi connectivity index (χ1) is 11.4. The van der Waals surface area contributed by atoms with Crippen LogP contribution in [0.1, 0.15) is 60.0 Å². The molecule has 0 bridgehead atoms. The Bertz CT molecular complexity index is 672. The Balaban J connectivity index is 0.00000121. The van der Waals surface area contributed by atoms with Gasteiger partial charge in [0.1, 0.15) is 0 Å². The van der Waals surface area contributed by atoms with Gasteiger partial charge in [-0.15, -0.1) is 24.8 Å². The Labute approximate surface area is 167 Å². The molecule has 0 aliphatic heterocycles. The van der Waals surface area contributed by atoms with Crippen LogP contribution in [0.5, 0.6) is 0 Å². The highest BCUT2D eigenvalue weighted by molar-refractivity contribution is 5.85. The second-order valence-electron chi connectivity index (χ2n) is 7.61. The first kappa shape index (κ1) is 21.2. The van der Waals surface area contributed by atoms with Crippen molar-refractivity contribution in [2.75, 3.05) is 0 Å². The molecule has 2 saturated carbocycles. The van der Waals surface area contributed by atoms with Crippen LogP contribution < -0.4 is 22.9 Å². The summed E-state index contributed by atoms with van der Waals surface area (Å²) in [4.78, 5) is 0. The molecule has 0 unspecified atom stereocenters. The molecule has 2 aliphatic carbocycles. The summed E-state index contributed by atoms with van der Waals surface area (Å²) in [6.45, 7) is 0. The summed E-state index contributed by atoms with van der Waals surface area (Å²) in [5, 5.41) is 0. The van der Waals surface area contributed by atoms with E-state index < -0.39 is 0 Å². The van der Waals surface area contributed by atoms with E-state index in [2.05, 4.69) is 48.5 Å². The predicted octanol–water partition coefficient (Wildman–Crippen LogP) is 3.13. The molecular formula is C20H28Cl2N4. The number of hydrogen-bond acceptors (Lipinski definition) is 4. The van der Waals surface area contributed by atoms with Crippen molar-refractivity contribution < 1.29 is 0 Å². The third-order valence-corrected chi connectivity index (χ3v) is 5.71. The average molecular weight is 395 g/mol. The van der Waals surface area contributed by atoms with Crippen molar-refractivity contribution in [1.29, 1.82) is 0 Å². The van der Waals surface area contributed by atoms with Crippen LogP contribution in [0.15, 0.2) is 48.5 Å². The number of rotatable bonds is 5. The van der Waals surface area contributed by atoms with Gasteiger partial charge in [-0.25, -0.2) is 0 Å². The first-order valence-electron chi connectivity index (χ1n) is 8.71. The lowest BCUT2D eigenvalue weighted by Gasteiger charge is -2.22. The topological polar surface area (TPSA) is 104 Å². The standard InChI is InChI=1S/C20H26N4.2ClH/c21-17(13-1-5-15(6-2-13)19(23)9-10-19)18(22)14-3-7-16(8-4-14)20(24)11-12-20;;/h1-8,17-18H,9-12,21-24H2;2*1H/t17-,18-;;/m0../s1. The van der Waals surface area contributed by atoms with Crippen LogP contribution >= 0.6 is 24.8 Å². The van der Waals surface area contributed by atoms with Crippen molar-refractivity contribution in [1.82, 2.24) is 0 Å². The average Bonchev–Trinajstić information content (AvgIpc) is 3.54. The zero-order chi connectivity index (χ0) is 16.9. The fourth-order valence-corrected chi connectivity index (χ4v) is 3.34. The normalized spacial score (nSPS) is 20.9. The van der Waals surface area contributed by atoms with Crippen molar-refractivity contribution in [3.8, 4) is 0 Å². The lowest BCUT2D eigenvalue weighted by atomic mass is 9.92. The maximum Gasteiger partial charge on any atom is 0.0491 e. The van der Waals surface area contributed by atoms with Gasteiger partial charge in [-0.05, 0) is 47.9 Å². The summed E-state index contributed by atoms with van der Waals surface area (Å²) in [7, 11) is 0. The molecule has 0 heterocycles. The molecular weight excluding hydrogens is 367 g/mol. The van der Waals surface area contributed by atoms with Gasteiger partial charge in [0.25, 0.3) is 0 Å². The van der Waals surface area contributed by atoms with E-state index in [1.165, 1.54) is 11.1 Å². The number of halogens is 2. The molecule has 0 radical (unpaired) electrons. The minimum absolute atomic E-state index is 0. The van der Waals surface area contributed by atoms with Gasteiger partial charge < -0.3 is 22.9 Å². The highest BCUT2D eigenvalue weighted by atomic mass is 35.5. The van der Waals surface area contributed by atoms with Gasteiger partial charge in [0, 0.05) is 23.2 Å². The zero-order valence-electron chi connectivity index (χ0n) is 14.7. The number of hydrogen-bond donors (Lipinski definition) is 4. The highest BCUT2D eigenvalue weighted by Crippen LogP contribution is 2.43. The van der Waals surface area contributed by atoms with Crippen LogP contribution in [0.2, 0.25) is 0 Å². The van der Waals surface area contributed by atoms with Gasteiger partial charge in [0.2, 0.25) is 0 Å². The number of benzene rings is 2. The van der Waals surface area contributed by atoms with Crippen LogP contribution in [0, 0.1) is 0 Å². The Hall–Kier alpha value is -1.14. The second-order valence-corrected chi connectivity index (χ2v) is 7.61. The molecule has 8 N–H and O–H groups in total. The molecule has 0 amide bonds. The highest BCUT2D eigenvalue weighted by Gasteiger charge is 2.40. The number of nitrogens with two attached hydrogens (primary N) is 4. The van der Waals surface area contributed by atoms with Gasteiger partial charge in [0.15, 0.2) is 0 Å². The van der Waals surface area contributed by atoms with Crippen LogP contribution in [-0.2, 0) is 11.1 Å². The van der Waals surface area contributed by atoms with Crippen molar-refractivity contribution in [3.05, 3.63) is 70.8 Å². The molecule has 0 aromatic heterocycles. The van der Waals surface area contributed by atoms with Crippen molar-refractivity contribution in [3.63, 3.8) is 0 Å². The van der Waals surface area contributed by atoms with E-state index in [-0.39, 0.29) is 48.0 Å². The van der Waals surface area contributed by atoms with Gasteiger partial charge in [-0.2, -0.15) is 0 Å². The largest absolute Gasteiger partial charge is 0.322 e. The lowest BCUT2D eigenvalue weighted by molar-refractivity contribution is 0.573. The summed E-state index contributed by atoms with van der Waals surface area (Å²) in [6.07, 6.45) is 4.25. The van der Waals surface area contributed by atoms with Crippen LogP contribution in [0.25, 0.3) is 0 Å². The monoisotopic (exact) mass is 394 g/mol.